The molecule has 0 radical (unpaired) electrons. The van der Waals surface area contributed by atoms with Crippen molar-refractivity contribution in [2.24, 2.45) is 0 Å². The average Bonchev–Trinajstić information content (AvgIpc) is 2.39. The third kappa shape index (κ3) is 2.95. The third-order valence-corrected chi connectivity index (χ3v) is 3.01. The number of likely N-dealkylation sites (tertiary alicyclic amines) is 1. The van der Waals surface area contributed by atoms with Crippen molar-refractivity contribution < 1.29 is 14.3 Å². The van der Waals surface area contributed by atoms with Gasteiger partial charge in [0.2, 0.25) is 11.8 Å². The maximum atomic E-state index is 11.6. The highest BCUT2D eigenvalue weighted by atomic mass is 16.5. The summed E-state index contributed by atoms with van der Waals surface area (Å²) in [7, 11) is 0. The van der Waals surface area contributed by atoms with E-state index in [1.54, 1.807) is 4.90 Å². The number of carbonyl (C=O) groups is 2. The van der Waals surface area contributed by atoms with Crippen LogP contribution in [0.2, 0.25) is 0 Å². The molecule has 0 spiro atoms. The molecular weight excluding hydrogens is 208 g/mol. The van der Waals surface area contributed by atoms with Gasteiger partial charge in [-0.25, -0.2) is 0 Å². The first-order valence-electron chi connectivity index (χ1n) is 5.90. The third-order valence-electron chi connectivity index (χ3n) is 3.01. The van der Waals surface area contributed by atoms with Gasteiger partial charge in [-0.05, 0) is 12.8 Å². The van der Waals surface area contributed by atoms with Gasteiger partial charge in [0.15, 0.2) is 0 Å². The van der Waals surface area contributed by atoms with Gasteiger partial charge in [-0.1, -0.05) is 6.42 Å². The van der Waals surface area contributed by atoms with Crippen molar-refractivity contribution in [2.45, 2.75) is 31.7 Å². The Labute approximate surface area is 95.1 Å². The molecule has 2 aliphatic heterocycles. The van der Waals surface area contributed by atoms with E-state index in [1.807, 2.05) is 0 Å². The van der Waals surface area contributed by atoms with E-state index >= 15 is 0 Å². The summed E-state index contributed by atoms with van der Waals surface area (Å²) in [5, 5.41) is 2.85. The van der Waals surface area contributed by atoms with Crippen LogP contribution < -0.4 is 5.32 Å². The summed E-state index contributed by atoms with van der Waals surface area (Å²) >= 11 is 0. The van der Waals surface area contributed by atoms with Gasteiger partial charge in [0.05, 0.1) is 25.8 Å². The first kappa shape index (κ1) is 11.4. The van der Waals surface area contributed by atoms with E-state index in [0.717, 1.165) is 19.3 Å². The van der Waals surface area contributed by atoms with E-state index in [2.05, 4.69) is 5.32 Å². The Kier molecular flexibility index (Phi) is 3.77. The van der Waals surface area contributed by atoms with Crippen molar-refractivity contribution >= 4 is 11.8 Å². The van der Waals surface area contributed by atoms with E-state index in [9.17, 15) is 9.59 Å². The first-order valence-corrected chi connectivity index (χ1v) is 5.90. The molecule has 2 amide bonds. The zero-order chi connectivity index (χ0) is 11.4. The molecule has 2 aliphatic rings. The average molecular weight is 226 g/mol. The van der Waals surface area contributed by atoms with Crippen LogP contribution in [0, 0.1) is 0 Å². The Hall–Kier alpha value is -1.10. The lowest BCUT2D eigenvalue weighted by Gasteiger charge is -2.28. The van der Waals surface area contributed by atoms with E-state index in [-0.39, 0.29) is 24.4 Å². The fraction of sp³-hybridized carbons (Fsp3) is 0.818. The topological polar surface area (TPSA) is 58.6 Å². The Morgan fingerprint density at radius 1 is 1.38 bits per heavy atom. The second-order valence-corrected chi connectivity index (χ2v) is 4.43. The molecule has 5 nitrogen and oxygen atoms in total. The molecule has 0 unspecified atom stereocenters. The Morgan fingerprint density at radius 2 is 2.19 bits per heavy atom. The second-order valence-electron chi connectivity index (χ2n) is 4.43. The maximum Gasteiger partial charge on any atom is 0.240 e. The molecule has 5 heteroatoms. The number of hydrogen-bond donors (Lipinski definition) is 1. The van der Waals surface area contributed by atoms with Crippen molar-refractivity contribution in [2.75, 3.05) is 26.3 Å². The van der Waals surface area contributed by atoms with Crippen LogP contribution in [0.4, 0.5) is 0 Å². The summed E-state index contributed by atoms with van der Waals surface area (Å²) in [6.45, 7) is 2.11. The molecular formula is C11H18N2O3. The molecule has 2 rings (SSSR count). The van der Waals surface area contributed by atoms with Crippen molar-refractivity contribution in [3.8, 4) is 0 Å². The number of nitrogens with zero attached hydrogens (tertiary/aromatic N) is 1. The maximum absolute atomic E-state index is 11.6. The van der Waals surface area contributed by atoms with Crippen LogP contribution in [0.25, 0.3) is 0 Å². The number of carbonyl (C=O) groups excluding carboxylic acids is 2. The SMILES string of the molecule is O=C(CN1CCCCCC1=O)NC1COC1. The Morgan fingerprint density at radius 3 is 2.88 bits per heavy atom. The number of ether oxygens (including phenoxy) is 1. The highest BCUT2D eigenvalue weighted by Crippen LogP contribution is 2.10. The summed E-state index contributed by atoms with van der Waals surface area (Å²) in [6, 6.07) is 0.148. The molecule has 0 aromatic heterocycles. The molecule has 1 N–H and O–H groups in total. The van der Waals surface area contributed by atoms with Crippen LogP contribution in [0.15, 0.2) is 0 Å². The van der Waals surface area contributed by atoms with E-state index < -0.39 is 0 Å². The van der Waals surface area contributed by atoms with Crippen LogP contribution in [-0.2, 0) is 14.3 Å². The van der Waals surface area contributed by atoms with E-state index in [0.29, 0.717) is 26.2 Å². The summed E-state index contributed by atoms with van der Waals surface area (Å²) in [5.41, 5.74) is 0. The van der Waals surface area contributed by atoms with E-state index in [1.165, 1.54) is 0 Å². The first-order chi connectivity index (χ1) is 7.75. The van der Waals surface area contributed by atoms with Gasteiger partial charge in [0.25, 0.3) is 0 Å². The molecule has 0 aromatic carbocycles. The minimum atomic E-state index is -0.0662. The fourth-order valence-electron chi connectivity index (χ4n) is 1.97. The molecule has 0 atom stereocenters. The van der Waals surface area contributed by atoms with Crippen molar-refractivity contribution in [3.05, 3.63) is 0 Å². The smallest absolute Gasteiger partial charge is 0.240 e. The molecule has 0 aromatic rings. The van der Waals surface area contributed by atoms with Crippen molar-refractivity contribution in [1.82, 2.24) is 10.2 Å². The van der Waals surface area contributed by atoms with Crippen LogP contribution in [0.3, 0.4) is 0 Å². The monoisotopic (exact) mass is 226 g/mol. The highest BCUT2D eigenvalue weighted by Gasteiger charge is 2.23. The number of rotatable bonds is 3. The summed E-state index contributed by atoms with van der Waals surface area (Å²) < 4.78 is 4.97. The lowest BCUT2D eigenvalue weighted by atomic mass is 10.2. The van der Waals surface area contributed by atoms with Crippen molar-refractivity contribution in [3.63, 3.8) is 0 Å². The second kappa shape index (κ2) is 5.30. The number of nitrogens with one attached hydrogen (secondary N) is 1. The highest BCUT2D eigenvalue weighted by molar-refractivity contribution is 5.85. The van der Waals surface area contributed by atoms with Gasteiger partial charge in [-0.2, -0.15) is 0 Å². The van der Waals surface area contributed by atoms with Crippen LogP contribution in [0.5, 0.6) is 0 Å². The van der Waals surface area contributed by atoms with Crippen LogP contribution in [0.1, 0.15) is 25.7 Å². The quantitative estimate of drug-likeness (QED) is 0.731. The summed E-state index contributed by atoms with van der Waals surface area (Å²) in [4.78, 5) is 24.9. The number of amides is 2. The van der Waals surface area contributed by atoms with E-state index in [4.69, 9.17) is 4.74 Å². The molecule has 0 aliphatic carbocycles. The molecule has 90 valence electrons. The fourth-order valence-corrected chi connectivity index (χ4v) is 1.97. The molecule has 0 saturated carbocycles. The van der Waals surface area contributed by atoms with Gasteiger partial charge in [0.1, 0.15) is 0 Å². The molecule has 2 fully saturated rings. The molecule has 2 saturated heterocycles. The zero-order valence-corrected chi connectivity index (χ0v) is 9.41. The Balaban J connectivity index is 1.77. The lowest BCUT2D eigenvalue weighted by Crippen LogP contribution is -2.51. The van der Waals surface area contributed by atoms with Crippen molar-refractivity contribution in [1.29, 1.82) is 0 Å². The van der Waals surface area contributed by atoms with Gasteiger partial charge in [-0.3, -0.25) is 9.59 Å². The number of hydrogen-bond acceptors (Lipinski definition) is 3. The minimum Gasteiger partial charge on any atom is -0.377 e. The zero-order valence-electron chi connectivity index (χ0n) is 9.41. The standard InChI is InChI=1S/C11H18N2O3/c14-10(12-9-7-16-8-9)6-13-5-3-1-2-4-11(13)15/h9H,1-8H2,(H,12,14). The molecule has 2 heterocycles. The van der Waals surface area contributed by atoms with Crippen LogP contribution >= 0.6 is 0 Å². The normalized spacial score (nSPS) is 22.5. The van der Waals surface area contributed by atoms with Gasteiger partial charge >= 0.3 is 0 Å². The van der Waals surface area contributed by atoms with Gasteiger partial charge < -0.3 is 15.0 Å². The lowest BCUT2D eigenvalue weighted by molar-refractivity contribution is -0.137. The van der Waals surface area contributed by atoms with Crippen LogP contribution in [-0.4, -0.2) is 49.1 Å². The predicted molar refractivity (Wildman–Crippen MR) is 57.8 cm³/mol. The van der Waals surface area contributed by atoms with Gasteiger partial charge in [-0.15, -0.1) is 0 Å². The predicted octanol–water partition coefficient (Wildman–Crippen LogP) is -0.0960. The summed E-state index contributed by atoms with van der Waals surface area (Å²) in [6.07, 6.45) is 3.62. The molecule has 0 bridgehead atoms. The largest absolute Gasteiger partial charge is 0.377 e. The van der Waals surface area contributed by atoms with Gasteiger partial charge in [0, 0.05) is 13.0 Å². The Bertz CT molecular complexity index is 276. The minimum absolute atomic E-state index is 0.0662. The summed E-state index contributed by atoms with van der Waals surface area (Å²) in [5.74, 6) is 0.0426. The molecule has 16 heavy (non-hydrogen) atoms.